The van der Waals surface area contributed by atoms with Gasteiger partial charge in [-0.05, 0) is 49.2 Å². The number of hydrogen-bond acceptors (Lipinski definition) is 3. The zero-order chi connectivity index (χ0) is 15.8. The van der Waals surface area contributed by atoms with Crippen LogP contribution in [0.3, 0.4) is 0 Å². The van der Waals surface area contributed by atoms with E-state index < -0.39 is 21.7 Å². The molecule has 0 amide bonds. The summed E-state index contributed by atoms with van der Waals surface area (Å²) in [4.78, 5) is -0.148. The second-order valence-corrected chi connectivity index (χ2v) is 6.35. The highest BCUT2D eigenvalue weighted by atomic mass is 32.2. The highest BCUT2D eigenvalue weighted by Gasteiger charge is 2.20. The minimum Gasteiger partial charge on any atom is -0.396 e. The number of aryl methyl sites for hydroxylation is 2. The zero-order valence-corrected chi connectivity index (χ0v) is 12.3. The Labute approximate surface area is 121 Å². The minimum atomic E-state index is -3.99. The second-order valence-electron chi connectivity index (χ2n) is 4.70. The lowest BCUT2D eigenvalue weighted by atomic mass is 10.2. The van der Waals surface area contributed by atoms with E-state index in [-0.39, 0.29) is 21.8 Å². The Hall–Kier alpha value is -2.15. The van der Waals surface area contributed by atoms with Gasteiger partial charge in [-0.2, -0.15) is 0 Å². The standard InChI is InChI=1S/C14H14F2N2O2S/c1-8-3-4-10(15)6-13(8)18-21(19,20)14-7-12(17)11(16)5-9(14)2/h3-7,18H,17H2,1-2H3. The first kappa shape index (κ1) is 15.2. The number of rotatable bonds is 3. The number of sulfonamides is 1. The van der Waals surface area contributed by atoms with Gasteiger partial charge in [0.15, 0.2) is 0 Å². The average molecular weight is 312 g/mol. The minimum absolute atomic E-state index is 0.122. The van der Waals surface area contributed by atoms with Gasteiger partial charge in [-0.25, -0.2) is 17.2 Å². The molecule has 4 nitrogen and oxygen atoms in total. The largest absolute Gasteiger partial charge is 0.396 e. The normalized spacial score (nSPS) is 11.4. The third-order valence-corrected chi connectivity index (χ3v) is 4.54. The molecule has 112 valence electrons. The number of anilines is 2. The molecule has 0 aliphatic carbocycles. The molecule has 0 aliphatic heterocycles. The van der Waals surface area contributed by atoms with E-state index in [1.54, 1.807) is 6.92 Å². The van der Waals surface area contributed by atoms with Gasteiger partial charge >= 0.3 is 0 Å². The van der Waals surface area contributed by atoms with Gasteiger partial charge in [-0.1, -0.05) is 6.07 Å². The van der Waals surface area contributed by atoms with Crippen LogP contribution in [-0.4, -0.2) is 8.42 Å². The monoisotopic (exact) mass is 312 g/mol. The van der Waals surface area contributed by atoms with Gasteiger partial charge in [0.2, 0.25) is 0 Å². The Morgan fingerprint density at radius 2 is 1.71 bits per heavy atom. The van der Waals surface area contributed by atoms with Gasteiger partial charge in [0.25, 0.3) is 10.0 Å². The summed E-state index contributed by atoms with van der Waals surface area (Å²) in [5.74, 6) is -1.25. The zero-order valence-electron chi connectivity index (χ0n) is 11.4. The SMILES string of the molecule is Cc1ccc(F)cc1NS(=O)(=O)c1cc(N)c(F)cc1C. The molecule has 0 bridgehead atoms. The van der Waals surface area contributed by atoms with Crippen molar-refractivity contribution in [3.8, 4) is 0 Å². The summed E-state index contributed by atoms with van der Waals surface area (Å²) in [5, 5.41) is 0. The van der Waals surface area contributed by atoms with E-state index in [1.165, 1.54) is 19.1 Å². The first-order valence-corrected chi connectivity index (χ1v) is 7.53. The van der Waals surface area contributed by atoms with Gasteiger partial charge < -0.3 is 5.73 Å². The van der Waals surface area contributed by atoms with E-state index in [2.05, 4.69) is 4.72 Å². The van der Waals surface area contributed by atoms with Crippen LogP contribution in [0.25, 0.3) is 0 Å². The predicted molar refractivity (Wildman–Crippen MR) is 77.5 cm³/mol. The van der Waals surface area contributed by atoms with E-state index in [0.717, 1.165) is 18.2 Å². The van der Waals surface area contributed by atoms with Gasteiger partial charge in [0.05, 0.1) is 16.3 Å². The molecule has 0 unspecified atom stereocenters. The summed E-state index contributed by atoms with van der Waals surface area (Å²) in [5.41, 5.74) is 6.04. The van der Waals surface area contributed by atoms with Crippen LogP contribution in [0.4, 0.5) is 20.2 Å². The molecular weight excluding hydrogens is 298 g/mol. The molecule has 2 rings (SSSR count). The Kier molecular flexibility index (Phi) is 3.87. The van der Waals surface area contributed by atoms with Crippen molar-refractivity contribution in [2.24, 2.45) is 0 Å². The molecule has 0 radical (unpaired) electrons. The molecule has 0 fully saturated rings. The van der Waals surface area contributed by atoms with Crippen molar-refractivity contribution in [2.45, 2.75) is 18.7 Å². The molecule has 21 heavy (non-hydrogen) atoms. The maximum atomic E-state index is 13.3. The molecule has 0 spiro atoms. The number of benzene rings is 2. The number of halogens is 2. The Balaban J connectivity index is 2.48. The van der Waals surface area contributed by atoms with Crippen LogP contribution in [-0.2, 0) is 10.0 Å². The molecule has 0 aromatic heterocycles. The molecule has 0 aliphatic rings. The predicted octanol–water partition coefficient (Wildman–Crippen LogP) is 2.96. The maximum absolute atomic E-state index is 13.3. The second kappa shape index (κ2) is 5.33. The number of nitrogens with one attached hydrogen (secondary N) is 1. The number of nitrogen functional groups attached to an aromatic ring is 1. The number of nitrogens with two attached hydrogens (primary N) is 1. The molecule has 0 saturated heterocycles. The Morgan fingerprint density at radius 1 is 1.05 bits per heavy atom. The molecule has 3 N–H and O–H groups in total. The Bertz CT molecular complexity index is 805. The molecule has 0 atom stereocenters. The van der Waals surface area contributed by atoms with Crippen LogP contribution in [0.1, 0.15) is 11.1 Å². The van der Waals surface area contributed by atoms with Crippen LogP contribution < -0.4 is 10.5 Å². The smallest absolute Gasteiger partial charge is 0.262 e. The summed E-state index contributed by atoms with van der Waals surface area (Å²) < 4.78 is 53.5. The molecular formula is C14H14F2N2O2S. The van der Waals surface area contributed by atoms with Crippen molar-refractivity contribution in [1.29, 1.82) is 0 Å². The maximum Gasteiger partial charge on any atom is 0.262 e. The van der Waals surface area contributed by atoms with Gasteiger partial charge in [-0.3, -0.25) is 4.72 Å². The van der Waals surface area contributed by atoms with Crippen molar-refractivity contribution in [1.82, 2.24) is 0 Å². The summed E-state index contributed by atoms with van der Waals surface area (Å²) in [6.45, 7) is 3.10. The lowest BCUT2D eigenvalue weighted by Gasteiger charge is -2.13. The van der Waals surface area contributed by atoms with Gasteiger partial charge in [0, 0.05) is 0 Å². The molecule has 2 aromatic rings. The highest BCUT2D eigenvalue weighted by Crippen LogP contribution is 2.25. The fraction of sp³-hybridized carbons (Fsp3) is 0.143. The quantitative estimate of drug-likeness (QED) is 0.856. The molecule has 7 heteroatoms. The topological polar surface area (TPSA) is 72.2 Å². The highest BCUT2D eigenvalue weighted by molar-refractivity contribution is 7.92. The lowest BCUT2D eigenvalue weighted by molar-refractivity contribution is 0.599. The summed E-state index contributed by atoms with van der Waals surface area (Å²) in [6.07, 6.45) is 0. The third-order valence-electron chi connectivity index (χ3n) is 3.03. The van der Waals surface area contributed by atoms with Crippen molar-refractivity contribution in [3.63, 3.8) is 0 Å². The van der Waals surface area contributed by atoms with E-state index in [4.69, 9.17) is 5.73 Å². The average Bonchev–Trinajstić information content (AvgIpc) is 2.37. The van der Waals surface area contributed by atoms with E-state index in [0.29, 0.717) is 5.56 Å². The van der Waals surface area contributed by atoms with E-state index in [1.807, 2.05) is 0 Å². The van der Waals surface area contributed by atoms with Crippen LogP contribution in [0, 0.1) is 25.5 Å². The van der Waals surface area contributed by atoms with Gasteiger partial charge in [0.1, 0.15) is 11.6 Å². The van der Waals surface area contributed by atoms with Crippen LogP contribution in [0.5, 0.6) is 0 Å². The first-order valence-electron chi connectivity index (χ1n) is 6.05. The van der Waals surface area contributed by atoms with Crippen molar-refractivity contribution in [2.75, 3.05) is 10.5 Å². The fourth-order valence-electron chi connectivity index (χ4n) is 1.86. The van der Waals surface area contributed by atoms with E-state index in [9.17, 15) is 17.2 Å². The van der Waals surface area contributed by atoms with Crippen molar-refractivity contribution in [3.05, 3.63) is 53.1 Å². The lowest BCUT2D eigenvalue weighted by Crippen LogP contribution is -2.16. The number of hydrogen-bond donors (Lipinski definition) is 2. The summed E-state index contributed by atoms with van der Waals surface area (Å²) in [7, 11) is -3.99. The van der Waals surface area contributed by atoms with Crippen LogP contribution in [0.2, 0.25) is 0 Å². The van der Waals surface area contributed by atoms with Crippen molar-refractivity contribution >= 4 is 21.4 Å². The molecule has 2 aromatic carbocycles. The Morgan fingerprint density at radius 3 is 2.38 bits per heavy atom. The first-order chi connectivity index (χ1) is 9.70. The third kappa shape index (κ3) is 3.13. The summed E-state index contributed by atoms with van der Waals surface area (Å²) >= 11 is 0. The molecule has 0 saturated carbocycles. The fourth-order valence-corrected chi connectivity index (χ4v) is 3.25. The van der Waals surface area contributed by atoms with Gasteiger partial charge in [-0.15, -0.1) is 0 Å². The summed E-state index contributed by atoms with van der Waals surface area (Å²) in [6, 6.07) is 5.85. The van der Waals surface area contributed by atoms with Crippen LogP contribution in [0.15, 0.2) is 35.2 Å². The van der Waals surface area contributed by atoms with E-state index >= 15 is 0 Å². The van der Waals surface area contributed by atoms with Crippen LogP contribution >= 0.6 is 0 Å². The van der Waals surface area contributed by atoms with Crippen molar-refractivity contribution < 1.29 is 17.2 Å². The molecule has 0 heterocycles.